The molecule has 0 fully saturated rings. The Morgan fingerprint density at radius 3 is 2.83 bits per heavy atom. The smallest absolute Gasteiger partial charge is 0.258 e. The number of aliphatic hydroxyl groups excluding tert-OH is 1. The highest BCUT2D eigenvalue weighted by molar-refractivity contribution is 6.00. The lowest BCUT2D eigenvalue weighted by Crippen LogP contribution is -2.41. The largest absolute Gasteiger partial charge is 0.394 e. The predicted octanol–water partition coefficient (Wildman–Crippen LogP) is 2.14. The van der Waals surface area contributed by atoms with Gasteiger partial charge in [0.2, 0.25) is 0 Å². The number of aliphatic hydroxyl groups is 1. The van der Waals surface area contributed by atoms with E-state index < -0.39 is 0 Å². The zero-order valence-corrected chi connectivity index (χ0v) is 13.5. The first-order valence-corrected chi connectivity index (χ1v) is 7.98. The molecule has 0 aliphatic heterocycles. The van der Waals surface area contributed by atoms with Gasteiger partial charge in [-0.25, -0.2) is 4.52 Å². The van der Waals surface area contributed by atoms with Gasteiger partial charge in [-0.3, -0.25) is 9.78 Å². The third-order valence-corrected chi connectivity index (χ3v) is 4.10. The van der Waals surface area contributed by atoms with Crippen molar-refractivity contribution in [3.8, 4) is 0 Å². The molecule has 0 unspecified atom stereocenters. The lowest BCUT2D eigenvalue weighted by atomic mass is 10.1. The second-order valence-corrected chi connectivity index (χ2v) is 5.59. The Hall–Kier alpha value is -2.73. The Morgan fingerprint density at radius 2 is 2.12 bits per heavy atom. The van der Waals surface area contributed by atoms with Gasteiger partial charge in [-0.15, -0.1) is 0 Å². The first-order valence-electron chi connectivity index (χ1n) is 7.98. The van der Waals surface area contributed by atoms with Crippen molar-refractivity contribution < 1.29 is 9.90 Å². The van der Waals surface area contributed by atoms with E-state index in [1.807, 2.05) is 43.3 Å². The molecule has 3 rings (SSSR count). The topological polar surface area (TPSA) is 70.7 Å². The number of aromatic nitrogens is 3. The lowest BCUT2D eigenvalue weighted by Gasteiger charge is -2.29. The van der Waals surface area contributed by atoms with Crippen molar-refractivity contribution in [3.63, 3.8) is 0 Å². The van der Waals surface area contributed by atoms with Gasteiger partial charge in [-0.2, -0.15) is 5.10 Å². The average Bonchev–Trinajstić information content (AvgIpc) is 3.06. The van der Waals surface area contributed by atoms with E-state index in [0.29, 0.717) is 18.5 Å². The van der Waals surface area contributed by atoms with Gasteiger partial charge >= 0.3 is 0 Å². The van der Waals surface area contributed by atoms with Crippen molar-refractivity contribution in [1.82, 2.24) is 19.5 Å². The highest BCUT2D eigenvalue weighted by atomic mass is 16.3. The first kappa shape index (κ1) is 16.1. The van der Waals surface area contributed by atoms with Crippen molar-refractivity contribution in [2.45, 2.75) is 25.9 Å². The number of amides is 1. The molecule has 6 heteroatoms. The molecule has 0 radical (unpaired) electrons. The number of pyridine rings is 2. The van der Waals surface area contributed by atoms with Crippen LogP contribution in [0.4, 0.5) is 0 Å². The Bertz CT molecular complexity index is 812. The quantitative estimate of drug-likeness (QED) is 0.754. The summed E-state index contributed by atoms with van der Waals surface area (Å²) in [5.74, 6) is -0.150. The zero-order valence-electron chi connectivity index (χ0n) is 13.5. The lowest BCUT2D eigenvalue weighted by molar-refractivity contribution is 0.0562. The van der Waals surface area contributed by atoms with Crippen molar-refractivity contribution in [2.75, 3.05) is 6.61 Å². The minimum absolute atomic E-state index is 0.0890. The maximum absolute atomic E-state index is 13.1. The van der Waals surface area contributed by atoms with Crippen molar-refractivity contribution in [3.05, 3.63) is 66.2 Å². The molecule has 0 saturated heterocycles. The van der Waals surface area contributed by atoms with Crippen LogP contribution in [0.5, 0.6) is 0 Å². The molecule has 3 heterocycles. The fourth-order valence-corrected chi connectivity index (χ4v) is 2.73. The molecule has 3 aromatic heterocycles. The second-order valence-electron chi connectivity index (χ2n) is 5.59. The minimum atomic E-state index is -0.266. The average molecular weight is 324 g/mol. The van der Waals surface area contributed by atoms with Crippen LogP contribution in [0.2, 0.25) is 0 Å². The maximum atomic E-state index is 13.1. The zero-order chi connectivity index (χ0) is 16.9. The molecule has 6 nitrogen and oxygen atoms in total. The SMILES string of the molecule is CC[C@H](CO)N(Cc1ccccn1)C(=O)c1cnn2ccccc12. The molecule has 24 heavy (non-hydrogen) atoms. The molecular formula is C18H20N4O2. The van der Waals surface area contributed by atoms with Crippen LogP contribution in [0.3, 0.4) is 0 Å². The number of hydrogen-bond donors (Lipinski definition) is 1. The Kier molecular flexibility index (Phi) is 4.86. The van der Waals surface area contributed by atoms with E-state index in [9.17, 15) is 9.90 Å². The number of fused-ring (bicyclic) bond motifs is 1. The normalized spacial score (nSPS) is 12.2. The summed E-state index contributed by atoms with van der Waals surface area (Å²) in [7, 11) is 0. The van der Waals surface area contributed by atoms with Gasteiger partial charge < -0.3 is 10.0 Å². The summed E-state index contributed by atoms with van der Waals surface area (Å²) in [5.41, 5.74) is 2.06. The molecule has 0 aliphatic carbocycles. The van der Waals surface area contributed by atoms with E-state index in [1.54, 1.807) is 28.0 Å². The Balaban J connectivity index is 1.96. The van der Waals surface area contributed by atoms with Gasteiger partial charge in [-0.1, -0.05) is 19.1 Å². The number of nitrogens with zero attached hydrogens (tertiary/aromatic N) is 4. The van der Waals surface area contributed by atoms with Gasteiger partial charge in [0.05, 0.1) is 42.2 Å². The van der Waals surface area contributed by atoms with E-state index >= 15 is 0 Å². The highest BCUT2D eigenvalue weighted by Crippen LogP contribution is 2.18. The van der Waals surface area contributed by atoms with E-state index in [1.165, 1.54) is 0 Å². The Labute approximate surface area is 140 Å². The van der Waals surface area contributed by atoms with E-state index in [2.05, 4.69) is 10.1 Å². The predicted molar refractivity (Wildman–Crippen MR) is 90.5 cm³/mol. The van der Waals surface area contributed by atoms with Gasteiger partial charge in [-0.05, 0) is 30.7 Å². The van der Waals surface area contributed by atoms with Crippen molar-refractivity contribution in [2.24, 2.45) is 0 Å². The van der Waals surface area contributed by atoms with Crippen LogP contribution in [-0.2, 0) is 6.54 Å². The summed E-state index contributed by atoms with van der Waals surface area (Å²) >= 11 is 0. The Morgan fingerprint density at radius 1 is 1.29 bits per heavy atom. The third-order valence-electron chi connectivity index (χ3n) is 4.10. The molecule has 1 N–H and O–H groups in total. The molecular weight excluding hydrogens is 304 g/mol. The number of carbonyl (C=O) groups excluding carboxylic acids is 1. The van der Waals surface area contributed by atoms with Crippen LogP contribution in [0.25, 0.3) is 5.52 Å². The molecule has 1 atom stereocenters. The molecule has 3 aromatic rings. The van der Waals surface area contributed by atoms with Gasteiger partial charge in [0, 0.05) is 12.4 Å². The monoisotopic (exact) mass is 324 g/mol. The summed E-state index contributed by atoms with van der Waals surface area (Å²) in [6, 6.07) is 10.9. The van der Waals surface area contributed by atoms with Crippen LogP contribution in [0.1, 0.15) is 29.4 Å². The third kappa shape index (κ3) is 3.14. The number of rotatable bonds is 6. The van der Waals surface area contributed by atoms with Crippen LogP contribution >= 0.6 is 0 Å². The van der Waals surface area contributed by atoms with Gasteiger partial charge in [0.1, 0.15) is 0 Å². The minimum Gasteiger partial charge on any atom is -0.394 e. The molecule has 0 aromatic carbocycles. The number of carbonyl (C=O) groups is 1. The van der Waals surface area contributed by atoms with Crippen LogP contribution in [-0.4, -0.2) is 43.2 Å². The molecule has 124 valence electrons. The molecule has 0 aliphatic rings. The first-order chi connectivity index (χ1) is 11.7. The highest BCUT2D eigenvalue weighted by Gasteiger charge is 2.26. The summed E-state index contributed by atoms with van der Waals surface area (Å²) in [6.07, 6.45) is 5.74. The number of hydrogen-bond acceptors (Lipinski definition) is 4. The fourth-order valence-electron chi connectivity index (χ4n) is 2.73. The summed E-state index contributed by atoms with van der Waals surface area (Å²) in [5, 5.41) is 13.9. The fraction of sp³-hybridized carbons (Fsp3) is 0.278. The summed E-state index contributed by atoms with van der Waals surface area (Å²) in [6.45, 7) is 2.22. The van der Waals surface area contributed by atoms with E-state index in [-0.39, 0.29) is 18.6 Å². The standard InChI is InChI=1S/C18H20N4O2/c1-2-15(13-23)21(12-14-7-3-5-9-19-14)18(24)16-11-20-22-10-6-4-8-17(16)22/h3-11,15,23H,2,12-13H2,1H3/t15-/m1/s1. The van der Waals surface area contributed by atoms with Crippen LogP contribution in [0.15, 0.2) is 55.0 Å². The van der Waals surface area contributed by atoms with Crippen molar-refractivity contribution in [1.29, 1.82) is 0 Å². The summed E-state index contributed by atoms with van der Waals surface area (Å²) < 4.78 is 1.67. The van der Waals surface area contributed by atoms with Crippen molar-refractivity contribution >= 4 is 11.4 Å². The van der Waals surface area contributed by atoms with Crippen LogP contribution < -0.4 is 0 Å². The molecule has 0 spiro atoms. The van der Waals surface area contributed by atoms with Gasteiger partial charge in [0.25, 0.3) is 5.91 Å². The summed E-state index contributed by atoms with van der Waals surface area (Å²) in [4.78, 5) is 19.1. The van der Waals surface area contributed by atoms with E-state index in [4.69, 9.17) is 0 Å². The van der Waals surface area contributed by atoms with E-state index in [0.717, 1.165) is 11.2 Å². The second kappa shape index (κ2) is 7.23. The maximum Gasteiger partial charge on any atom is 0.258 e. The van der Waals surface area contributed by atoms with Crippen LogP contribution in [0, 0.1) is 0 Å². The molecule has 0 saturated carbocycles. The molecule has 1 amide bonds. The van der Waals surface area contributed by atoms with Gasteiger partial charge in [0.15, 0.2) is 0 Å². The molecule has 0 bridgehead atoms.